The first-order valence-corrected chi connectivity index (χ1v) is 4.90. The molecule has 0 saturated carbocycles. The summed E-state index contributed by atoms with van der Waals surface area (Å²) in [5.74, 6) is 0.839. The molecule has 54 valence electrons. The zero-order valence-electron chi connectivity index (χ0n) is 5.06. The third kappa shape index (κ3) is 6.44. The van der Waals surface area contributed by atoms with E-state index in [9.17, 15) is 4.79 Å². The van der Waals surface area contributed by atoms with E-state index in [1.165, 1.54) is 0 Å². The van der Waals surface area contributed by atoms with Crippen molar-refractivity contribution in [3.8, 4) is 0 Å². The summed E-state index contributed by atoms with van der Waals surface area (Å²) in [7, 11) is 0. The van der Waals surface area contributed by atoms with E-state index in [2.05, 4.69) is 40.5 Å². The zero-order valence-corrected chi connectivity index (χ0v) is 8.11. The Bertz CT molecular complexity index is 89.0. The number of nitrogens with one attached hydrogen (secondary N) is 1. The van der Waals surface area contributed by atoms with E-state index in [-0.39, 0.29) is 5.91 Å². The van der Waals surface area contributed by atoms with Gasteiger partial charge in [0.2, 0.25) is 5.91 Å². The van der Waals surface area contributed by atoms with E-state index >= 15 is 0 Å². The van der Waals surface area contributed by atoms with Crippen molar-refractivity contribution in [3.63, 3.8) is 0 Å². The quantitative estimate of drug-likeness (QED) is 0.437. The number of hydrogen-bond donors (Lipinski definition) is 2. The summed E-state index contributed by atoms with van der Waals surface area (Å²) in [6.07, 6.45) is 0.619. The SMILES string of the molecule is O=C(CCI)NCCS. The van der Waals surface area contributed by atoms with E-state index in [4.69, 9.17) is 0 Å². The maximum Gasteiger partial charge on any atom is 0.220 e. The highest BCUT2D eigenvalue weighted by Crippen LogP contribution is 1.86. The molecule has 0 spiro atoms. The van der Waals surface area contributed by atoms with Gasteiger partial charge in [-0.3, -0.25) is 4.79 Å². The van der Waals surface area contributed by atoms with Crippen LogP contribution in [0.15, 0.2) is 0 Å². The molecule has 0 bridgehead atoms. The highest BCUT2D eigenvalue weighted by Gasteiger charge is 1.95. The Morgan fingerprint density at radius 1 is 1.67 bits per heavy atom. The summed E-state index contributed by atoms with van der Waals surface area (Å²) < 4.78 is 0.885. The lowest BCUT2D eigenvalue weighted by atomic mass is 10.4. The van der Waals surface area contributed by atoms with Gasteiger partial charge in [-0.25, -0.2) is 0 Å². The molecule has 0 aromatic rings. The Hall–Kier alpha value is 0.550. The molecule has 1 amide bonds. The molecule has 0 fully saturated rings. The number of carbonyl (C=O) groups excluding carboxylic acids is 1. The van der Waals surface area contributed by atoms with Crippen molar-refractivity contribution >= 4 is 41.1 Å². The molecule has 0 unspecified atom stereocenters. The maximum atomic E-state index is 10.7. The minimum atomic E-state index is 0.124. The van der Waals surface area contributed by atoms with Crippen LogP contribution in [-0.2, 0) is 4.79 Å². The largest absolute Gasteiger partial charge is 0.355 e. The fraction of sp³-hybridized carbons (Fsp3) is 0.800. The Labute approximate surface area is 74.3 Å². The van der Waals surface area contributed by atoms with Crippen LogP contribution in [-0.4, -0.2) is 22.6 Å². The molecule has 0 aliphatic heterocycles. The molecule has 1 N–H and O–H groups in total. The van der Waals surface area contributed by atoms with Gasteiger partial charge in [-0.2, -0.15) is 12.6 Å². The molecule has 0 rings (SSSR count). The van der Waals surface area contributed by atoms with Gasteiger partial charge in [0.1, 0.15) is 0 Å². The first-order valence-electron chi connectivity index (χ1n) is 2.74. The van der Waals surface area contributed by atoms with Gasteiger partial charge in [-0.15, -0.1) is 0 Å². The Balaban J connectivity index is 3.06. The fourth-order valence-electron chi connectivity index (χ4n) is 0.370. The summed E-state index contributed by atoms with van der Waals surface area (Å²) in [6, 6.07) is 0. The summed E-state index contributed by atoms with van der Waals surface area (Å²) in [4.78, 5) is 10.7. The van der Waals surface area contributed by atoms with E-state index < -0.39 is 0 Å². The molecular formula is C5H10INOS. The molecule has 2 nitrogen and oxygen atoms in total. The number of amides is 1. The van der Waals surface area contributed by atoms with Gasteiger partial charge >= 0.3 is 0 Å². The van der Waals surface area contributed by atoms with Gasteiger partial charge < -0.3 is 5.32 Å². The zero-order chi connectivity index (χ0) is 7.11. The van der Waals surface area contributed by atoms with E-state index in [0.29, 0.717) is 18.7 Å². The number of hydrogen-bond acceptors (Lipinski definition) is 2. The van der Waals surface area contributed by atoms with E-state index in [1.54, 1.807) is 0 Å². The van der Waals surface area contributed by atoms with Gasteiger partial charge in [0.25, 0.3) is 0 Å². The maximum absolute atomic E-state index is 10.7. The van der Waals surface area contributed by atoms with Crippen LogP contribution in [0, 0.1) is 0 Å². The average molecular weight is 259 g/mol. The third-order valence-corrected chi connectivity index (χ3v) is 1.52. The highest BCUT2D eigenvalue weighted by atomic mass is 127. The van der Waals surface area contributed by atoms with Crippen molar-refractivity contribution in [2.45, 2.75) is 6.42 Å². The predicted molar refractivity (Wildman–Crippen MR) is 50.4 cm³/mol. The number of halogens is 1. The molecule has 9 heavy (non-hydrogen) atoms. The van der Waals surface area contributed by atoms with Gasteiger partial charge in [-0.05, 0) is 0 Å². The van der Waals surface area contributed by atoms with E-state index in [1.807, 2.05) is 0 Å². The topological polar surface area (TPSA) is 29.1 Å². The van der Waals surface area contributed by atoms with Gasteiger partial charge in [-0.1, -0.05) is 22.6 Å². The van der Waals surface area contributed by atoms with Crippen LogP contribution in [0.25, 0.3) is 0 Å². The normalized spacial score (nSPS) is 9.11. The van der Waals surface area contributed by atoms with Crippen LogP contribution >= 0.6 is 35.2 Å². The van der Waals surface area contributed by atoms with Crippen LogP contribution in [0.3, 0.4) is 0 Å². The molecule has 0 aliphatic carbocycles. The molecule has 0 aromatic carbocycles. The van der Waals surface area contributed by atoms with Crippen molar-refractivity contribution < 1.29 is 4.79 Å². The lowest BCUT2D eigenvalue weighted by Crippen LogP contribution is -2.25. The minimum Gasteiger partial charge on any atom is -0.355 e. The number of carbonyl (C=O) groups is 1. The van der Waals surface area contributed by atoms with Crippen molar-refractivity contribution in [1.82, 2.24) is 5.32 Å². The van der Waals surface area contributed by atoms with Crippen LogP contribution in [0.4, 0.5) is 0 Å². The molecule has 0 radical (unpaired) electrons. The summed E-state index contributed by atoms with van der Waals surface area (Å²) >= 11 is 6.12. The van der Waals surface area contributed by atoms with Crippen LogP contribution in [0.5, 0.6) is 0 Å². The van der Waals surface area contributed by atoms with Crippen molar-refractivity contribution in [2.24, 2.45) is 0 Å². The van der Waals surface area contributed by atoms with Gasteiger partial charge in [0.05, 0.1) is 0 Å². The number of alkyl halides is 1. The Morgan fingerprint density at radius 3 is 2.78 bits per heavy atom. The summed E-state index contributed by atoms with van der Waals surface area (Å²) in [6.45, 7) is 0.679. The second-order valence-corrected chi connectivity index (χ2v) is 3.04. The molecule has 0 aromatic heterocycles. The fourth-order valence-corrected chi connectivity index (χ4v) is 0.971. The second kappa shape index (κ2) is 6.67. The van der Waals surface area contributed by atoms with Crippen LogP contribution in [0.2, 0.25) is 0 Å². The van der Waals surface area contributed by atoms with Gasteiger partial charge in [0, 0.05) is 23.1 Å². The lowest BCUT2D eigenvalue weighted by molar-refractivity contribution is -0.120. The first kappa shape index (κ1) is 9.55. The minimum absolute atomic E-state index is 0.124. The van der Waals surface area contributed by atoms with Crippen molar-refractivity contribution in [3.05, 3.63) is 0 Å². The monoisotopic (exact) mass is 259 g/mol. The van der Waals surface area contributed by atoms with Crippen molar-refractivity contribution in [2.75, 3.05) is 16.7 Å². The molecule has 0 heterocycles. The van der Waals surface area contributed by atoms with Crippen molar-refractivity contribution in [1.29, 1.82) is 0 Å². The highest BCUT2D eigenvalue weighted by molar-refractivity contribution is 14.1. The molecule has 0 saturated heterocycles. The number of thiol groups is 1. The second-order valence-electron chi connectivity index (χ2n) is 1.51. The molecule has 0 atom stereocenters. The Morgan fingerprint density at radius 2 is 2.33 bits per heavy atom. The first-order chi connectivity index (χ1) is 4.31. The number of rotatable bonds is 4. The molecule has 4 heteroatoms. The van der Waals surface area contributed by atoms with Gasteiger partial charge in [0.15, 0.2) is 0 Å². The van der Waals surface area contributed by atoms with Crippen LogP contribution < -0.4 is 5.32 Å². The standard InChI is InChI=1S/C5H10INOS/c6-2-1-5(8)7-3-4-9/h9H,1-4H2,(H,7,8). The van der Waals surface area contributed by atoms with E-state index in [0.717, 1.165) is 4.43 Å². The molecular weight excluding hydrogens is 249 g/mol. The summed E-state index contributed by atoms with van der Waals surface area (Å²) in [5, 5.41) is 2.71. The smallest absolute Gasteiger partial charge is 0.220 e. The Kier molecular flexibility index (Phi) is 7.07. The summed E-state index contributed by atoms with van der Waals surface area (Å²) in [5.41, 5.74) is 0. The predicted octanol–water partition coefficient (Wildman–Crippen LogP) is 0.857. The third-order valence-electron chi connectivity index (χ3n) is 0.756. The average Bonchev–Trinajstić information content (AvgIpc) is 1.85. The lowest BCUT2D eigenvalue weighted by Gasteiger charge is -1.98. The molecule has 0 aliphatic rings. The van der Waals surface area contributed by atoms with Crippen LogP contribution in [0.1, 0.15) is 6.42 Å².